The van der Waals surface area contributed by atoms with Crippen LogP contribution >= 0.6 is 0 Å². The van der Waals surface area contributed by atoms with E-state index in [1.54, 1.807) is 0 Å². The number of non-ortho nitro benzene ring substituents is 1. The van der Waals surface area contributed by atoms with Crippen LogP contribution in [-0.2, 0) is 15.8 Å². The summed E-state index contributed by atoms with van der Waals surface area (Å²) in [6.45, 7) is 0.763. The van der Waals surface area contributed by atoms with Crippen LogP contribution in [0.1, 0.15) is 5.56 Å². The van der Waals surface area contributed by atoms with Gasteiger partial charge in [-0.1, -0.05) is 12.1 Å². The Balaban J connectivity index is 2.11. The number of aliphatic hydroxyl groups excluding tert-OH is 1. The average molecular weight is 315 g/mol. The maximum atomic E-state index is 12.3. The summed E-state index contributed by atoms with van der Waals surface area (Å²) in [6.07, 6.45) is -0.735. The summed E-state index contributed by atoms with van der Waals surface area (Å²) in [6, 6.07) is 4.90. The SMILES string of the molecule is CN([C@H]1CNC[C@@H]1O)S(=O)(=O)Cc1ccc([N+](=O)[O-])cc1. The Morgan fingerprint density at radius 2 is 2.00 bits per heavy atom. The van der Waals surface area contributed by atoms with Crippen molar-refractivity contribution in [3.05, 3.63) is 39.9 Å². The maximum absolute atomic E-state index is 12.3. The lowest BCUT2D eigenvalue weighted by atomic mass is 10.2. The molecule has 0 unspecified atom stereocenters. The van der Waals surface area contributed by atoms with Gasteiger partial charge in [-0.3, -0.25) is 10.1 Å². The molecule has 1 aromatic rings. The van der Waals surface area contributed by atoms with Crippen molar-refractivity contribution >= 4 is 15.7 Å². The number of benzene rings is 1. The third kappa shape index (κ3) is 3.56. The van der Waals surface area contributed by atoms with Crippen molar-refractivity contribution in [2.24, 2.45) is 0 Å². The van der Waals surface area contributed by atoms with Gasteiger partial charge in [-0.05, 0) is 5.56 Å². The minimum atomic E-state index is -3.60. The highest BCUT2D eigenvalue weighted by atomic mass is 32.2. The van der Waals surface area contributed by atoms with Crippen LogP contribution < -0.4 is 5.32 Å². The molecule has 1 fully saturated rings. The molecule has 0 amide bonds. The van der Waals surface area contributed by atoms with Gasteiger partial charge in [0.2, 0.25) is 10.0 Å². The van der Waals surface area contributed by atoms with Gasteiger partial charge in [0.15, 0.2) is 0 Å². The molecule has 0 bridgehead atoms. The number of nitro benzene ring substituents is 1. The molecule has 116 valence electrons. The Morgan fingerprint density at radius 1 is 1.38 bits per heavy atom. The lowest BCUT2D eigenvalue weighted by Gasteiger charge is -2.25. The van der Waals surface area contributed by atoms with E-state index in [9.17, 15) is 23.6 Å². The summed E-state index contributed by atoms with van der Waals surface area (Å²) in [7, 11) is -2.17. The van der Waals surface area contributed by atoms with Gasteiger partial charge in [0, 0.05) is 32.3 Å². The van der Waals surface area contributed by atoms with Crippen molar-refractivity contribution in [1.29, 1.82) is 0 Å². The third-order valence-electron chi connectivity index (χ3n) is 3.55. The van der Waals surface area contributed by atoms with Crippen molar-refractivity contribution in [2.75, 3.05) is 20.1 Å². The molecule has 1 heterocycles. The van der Waals surface area contributed by atoms with Gasteiger partial charge in [-0.25, -0.2) is 8.42 Å². The van der Waals surface area contributed by atoms with Crippen molar-refractivity contribution in [2.45, 2.75) is 17.9 Å². The second kappa shape index (κ2) is 6.06. The normalized spacial score (nSPS) is 22.6. The van der Waals surface area contributed by atoms with E-state index in [4.69, 9.17) is 0 Å². The first kappa shape index (κ1) is 15.8. The van der Waals surface area contributed by atoms with Crippen LogP contribution in [0, 0.1) is 10.1 Å². The van der Waals surface area contributed by atoms with Gasteiger partial charge in [0.1, 0.15) is 0 Å². The minimum Gasteiger partial charge on any atom is -0.390 e. The number of sulfonamides is 1. The molecular weight excluding hydrogens is 298 g/mol. The molecule has 9 heteroatoms. The molecule has 1 aliphatic rings. The molecule has 0 radical (unpaired) electrons. The largest absolute Gasteiger partial charge is 0.390 e. The number of nitrogens with zero attached hydrogens (tertiary/aromatic N) is 2. The summed E-state index contributed by atoms with van der Waals surface area (Å²) in [4.78, 5) is 10.0. The minimum absolute atomic E-state index is 0.0834. The molecule has 0 spiro atoms. The zero-order valence-corrected chi connectivity index (χ0v) is 12.3. The van der Waals surface area contributed by atoms with E-state index in [0.29, 0.717) is 18.7 Å². The van der Waals surface area contributed by atoms with E-state index in [-0.39, 0.29) is 11.4 Å². The number of nitrogens with one attached hydrogen (secondary N) is 1. The van der Waals surface area contributed by atoms with Crippen LogP contribution in [0.15, 0.2) is 24.3 Å². The molecule has 1 aliphatic heterocycles. The van der Waals surface area contributed by atoms with Crippen LogP contribution in [-0.4, -0.2) is 55.0 Å². The van der Waals surface area contributed by atoms with Crippen LogP contribution in [0.2, 0.25) is 0 Å². The molecule has 0 saturated carbocycles. The summed E-state index contributed by atoms with van der Waals surface area (Å²) < 4.78 is 25.8. The monoisotopic (exact) mass is 315 g/mol. The fraction of sp³-hybridized carbons (Fsp3) is 0.500. The van der Waals surface area contributed by atoms with Crippen LogP contribution in [0.25, 0.3) is 0 Å². The number of hydrogen-bond acceptors (Lipinski definition) is 6. The lowest BCUT2D eigenvalue weighted by molar-refractivity contribution is -0.384. The molecule has 2 rings (SSSR count). The standard InChI is InChI=1S/C12H17N3O5S/c1-14(11-6-13-7-12(11)16)21(19,20)8-9-2-4-10(5-3-9)15(17)18/h2-5,11-13,16H,6-8H2,1H3/t11-,12-/m0/s1. The fourth-order valence-corrected chi connectivity index (χ4v) is 3.70. The van der Waals surface area contributed by atoms with E-state index >= 15 is 0 Å². The summed E-state index contributed by atoms with van der Waals surface area (Å²) in [5, 5.41) is 23.2. The molecule has 1 saturated heterocycles. The molecule has 0 aromatic heterocycles. The van der Waals surface area contributed by atoms with Crippen molar-refractivity contribution < 1.29 is 18.4 Å². The molecule has 1 aromatic carbocycles. The topological polar surface area (TPSA) is 113 Å². The zero-order valence-electron chi connectivity index (χ0n) is 11.5. The van der Waals surface area contributed by atoms with Crippen LogP contribution in [0.5, 0.6) is 0 Å². The van der Waals surface area contributed by atoms with E-state index in [1.165, 1.54) is 35.6 Å². The zero-order chi connectivity index (χ0) is 15.6. The summed E-state index contributed by atoms with van der Waals surface area (Å²) in [5.74, 6) is -0.259. The molecule has 8 nitrogen and oxygen atoms in total. The number of nitro groups is 1. The van der Waals surface area contributed by atoms with Gasteiger partial charge in [-0.15, -0.1) is 0 Å². The quantitative estimate of drug-likeness (QED) is 0.569. The van der Waals surface area contributed by atoms with Crippen LogP contribution in [0.3, 0.4) is 0 Å². The highest BCUT2D eigenvalue weighted by Crippen LogP contribution is 2.18. The predicted molar refractivity (Wildman–Crippen MR) is 76.1 cm³/mol. The smallest absolute Gasteiger partial charge is 0.269 e. The van der Waals surface area contributed by atoms with E-state index in [0.717, 1.165) is 0 Å². The van der Waals surface area contributed by atoms with Gasteiger partial charge >= 0.3 is 0 Å². The first-order valence-corrected chi connectivity index (χ1v) is 8.00. The van der Waals surface area contributed by atoms with Gasteiger partial charge in [-0.2, -0.15) is 4.31 Å². The van der Waals surface area contributed by atoms with Crippen LogP contribution in [0.4, 0.5) is 5.69 Å². The molecule has 21 heavy (non-hydrogen) atoms. The highest BCUT2D eigenvalue weighted by Gasteiger charge is 2.34. The third-order valence-corrected chi connectivity index (χ3v) is 5.40. The Kier molecular flexibility index (Phi) is 4.57. The summed E-state index contributed by atoms with van der Waals surface area (Å²) in [5.41, 5.74) is 0.382. The Hall–Kier alpha value is -1.55. The fourth-order valence-electron chi connectivity index (χ4n) is 2.25. The highest BCUT2D eigenvalue weighted by molar-refractivity contribution is 7.88. The van der Waals surface area contributed by atoms with Crippen molar-refractivity contribution in [3.8, 4) is 0 Å². The number of aliphatic hydroxyl groups is 1. The van der Waals surface area contributed by atoms with Gasteiger partial charge in [0.05, 0.1) is 22.8 Å². The number of rotatable bonds is 5. The van der Waals surface area contributed by atoms with E-state index < -0.39 is 27.1 Å². The predicted octanol–water partition coefficient (Wildman–Crippen LogP) is -0.311. The Labute approximate surface area is 122 Å². The lowest BCUT2D eigenvalue weighted by Crippen LogP contribution is -2.44. The molecule has 2 N–H and O–H groups in total. The second-order valence-corrected chi connectivity index (χ2v) is 7.02. The first-order chi connectivity index (χ1) is 9.81. The Morgan fingerprint density at radius 3 is 2.48 bits per heavy atom. The summed E-state index contributed by atoms with van der Waals surface area (Å²) >= 11 is 0. The number of β-amino-alcohol motifs (C(OH)–C–C–N with tert-alkyl or cyclic N) is 1. The number of likely N-dealkylation sites (N-methyl/N-ethyl adjacent to an activating group) is 1. The Bertz CT molecular complexity index is 616. The average Bonchev–Trinajstić information content (AvgIpc) is 2.84. The molecule has 2 atom stereocenters. The first-order valence-electron chi connectivity index (χ1n) is 6.39. The molecule has 0 aliphatic carbocycles. The number of hydrogen-bond donors (Lipinski definition) is 2. The molecular formula is C12H17N3O5S. The van der Waals surface area contributed by atoms with E-state index in [1.807, 2.05) is 0 Å². The maximum Gasteiger partial charge on any atom is 0.269 e. The van der Waals surface area contributed by atoms with Crippen molar-refractivity contribution in [3.63, 3.8) is 0 Å². The van der Waals surface area contributed by atoms with Crippen molar-refractivity contribution in [1.82, 2.24) is 9.62 Å². The second-order valence-electron chi connectivity index (χ2n) is 4.99. The van der Waals surface area contributed by atoms with Gasteiger partial charge < -0.3 is 10.4 Å². The van der Waals surface area contributed by atoms with E-state index in [2.05, 4.69) is 5.32 Å². The van der Waals surface area contributed by atoms with Gasteiger partial charge in [0.25, 0.3) is 5.69 Å².